The zero-order valence-electron chi connectivity index (χ0n) is 10.1. The fourth-order valence-electron chi connectivity index (χ4n) is 2.13. The summed E-state index contributed by atoms with van der Waals surface area (Å²) in [5.41, 5.74) is 1.10. The smallest absolute Gasteiger partial charge is 0.198 e. The highest BCUT2D eigenvalue weighted by Crippen LogP contribution is 2.28. The molecular formula is C15H8BrClFNO. The van der Waals surface area contributed by atoms with Crippen molar-refractivity contribution in [1.82, 2.24) is 4.98 Å². The summed E-state index contributed by atoms with van der Waals surface area (Å²) in [6.07, 6.45) is 1.55. The van der Waals surface area contributed by atoms with Crippen molar-refractivity contribution in [3.63, 3.8) is 0 Å². The number of rotatable bonds is 2. The van der Waals surface area contributed by atoms with Crippen LogP contribution in [-0.2, 0) is 0 Å². The Bertz CT molecular complexity index is 828. The van der Waals surface area contributed by atoms with E-state index in [4.69, 9.17) is 11.6 Å². The van der Waals surface area contributed by atoms with Crippen molar-refractivity contribution in [3.05, 3.63) is 69.0 Å². The Kier molecular flexibility index (Phi) is 3.36. The van der Waals surface area contributed by atoms with Crippen molar-refractivity contribution in [2.45, 2.75) is 0 Å². The first-order valence-corrected chi connectivity index (χ1v) is 7.01. The van der Waals surface area contributed by atoms with E-state index in [9.17, 15) is 9.18 Å². The molecule has 0 saturated carbocycles. The summed E-state index contributed by atoms with van der Waals surface area (Å²) in [5.74, 6) is -0.939. The molecule has 1 aromatic heterocycles. The molecule has 0 spiro atoms. The number of aromatic nitrogens is 1. The van der Waals surface area contributed by atoms with Crippen LogP contribution in [0, 0.1) is 5.82 Å². The highest BCUT2D eigenvalue weighted by molar-refractivity contribution is 9.10. The van der Waals surface area contributed by atoms with Crippen LogP contribution in [0.3, 0.4) is 0 Å². The van der Waals surface area contributed by atoms with E-state index < -0.39 is 5.82 Å². The highest BCUT2D eigenvalue weighted by Gasteiger charge is 2.19. The van der Waals surface area contributed by atoms with Crippen LogP contribution < -0.4 is 0 Å². The lowest BCUT2D eigenvalue weighted by Gasteiger charge is -2.03. The van der Waals surface area contributed by atoms with Crippen molar-refractivity contribution < 1.29 is 9.18 Å². The van der Waals surface area contributed by atoms with Crippen LogP contribution in [0.25, 0.3) is 10.9 Å². The van der Waals surface area contributed by atoms with E-state index in [1.807, 2.05) is 0 Å². The number of ketones is 1. The minimum Gasteiger partial charge on any atom is -0.359 e. The maximum Gasteiger partial charge on any atom is 0.198 e. The van der Waals surface area contributed by atoms with Crippen molar-refractivity contribution in [3.8, 4) is 0 Å². The maximum absolute atomic E-state index is 14.0. The molecule has 3 aromatic rings. The second kappa shape index (κ2) is 5.04. The standard InChI is InChI=1S/C15H8BrClFNO/c16-11-5-1-4-9(13(11)18)15(20)10-7-19-14-8(10)3-2-6-12(14)17/h1-7,19H. The fraction of sp³-hybridized carbons (Fsp3) is 0. The summed E-state index contributed by atoms with van der Waals surface area (Å²) in [5, 5.41) is 1.21. The summed E-state index contributed by atoms with van der Waals surface area (Å²) in [6.45, 7) is 0. The number of benzene rings is 2. The predicted octanol–water partition coefficient (Wildman–Crippen LogP) is 4.95. The number of fused-ring (bicyclic) bond motifs is 1. The topological polar surface area (TPSA) is 32.9 Å². The molecule has 1 N–H and O–H groups in total. The summed E-state index contributed by atoms with van der Waals surface area (Å²) in [6, 6.07) is 9.91. The molecule has 100 valence electrons. The molecule has 5 heteroatoms. The Balaban J connectivity index is 2.18. The molecule has 20 heavy (non-hydrogen) atoms. The molecule has 0 aliphatic rings. The molecule has 0 radical (unpaired) electrons. The normalized spacial score (nSPS) is 10.9. The molecule has 0 saturated heterocycles. The Morgan fingerprint density at radius 3 is 2.70 bits per heavy atom. The summed E-state index contributed by atoms with van der Waals surface area (Å²) in [7, 11) is 0. The van der Waals surface area contributed by atoms with Crippen LogP contribution >= 0.6 is 27.5 Å². The molecule has 3 rings (SSSR count). The molecule has 0 unspecified atom stereocenters. The average Bonchev–Trinajstić information content (AvgIpc) is 2.86. The first kappa shape index (κ1) is 13.3. The zero-order chi connectivity index (χ0) is 14.3. The van der Waals surface area contributed by atoms with Gasteiger partial charge in [-0.3, -0.25) is 4.79 Å². The molecular weight excluding hydrogens is 345 g/mol. The minimum absolute atomic E-state index is 0.0280. The van der Waals surface area contributed by atoms with Crippen molar-refractivity contribution in [1.29, 1.82) is 0 Å². The number of carbonyl (C=O) groups excluding carboxylic acids is 1. The van der Waals surface area contributed by atoms with E-state index in [2.05, 4.69) is 20.9 Å². The van der Waals surface area contributed by atoms with Gasteiger partial charge in [-0.15, -0.1) is 0 Å². The van der Waals surface area contributed by atoms with E-state index in [1.165, 1.54) is 6.07 Å². The number of para-hydroxylation sites is 1. The number of nitrogens with one attached hydrogen (secondary N) is 1. The summed E-state index contributed by atoms with van der Waals surface area (Å²) < 4.78 is 14.3. The number of carbonyl (C=O) groups is 1. The first-order chi connectivity index (χ1) is 9.59. The Labute approximate surface area is 127 Å². The highest BCUT2D eigenvalue weighted by atomic mass is 79.9. The van der Waals surface area contributed by atoms with Gasteiger partial charge in [-0.25, -0.2) is 4.39 Å². The lowest BCUT2D eigenvalue weighted by molar-refractivity contribution is 0.103. The third-order valence-electron chi connectivity index (χ3n) is 3.11. The van der Waals surface area contributed by atoms with Gasteiger partial charge < -0.3 is 4.98 Å². The second-order valence-corrected chi connectivity index (χ2v) is 5.56. The van der Waals surface area contributed by atoms with Crippen LogP contribution in [-0.4, -0.2) is 10.8 Å². The summed E-state index contributed by atoms with van der Waals surface area (Å²) in [4.78, 5) is 15.4. The van der Waals surface area contributed by atoms with E-state index in [0.29, 0.717) is 21.5 Å². The molecule has 0 aliphatic heterocycles. The van der Waals surface area contributed by atoms with Crippen molar-refractivity contribution >= 4 is 44.2 Å². The van der Waals surface area contributed by atoms with E-state index >= 15 is 0 Å². The largest absolute Gasteiger partial charge is 0.359 e. The SMILES string of the molecule is O=C(c1cccc(Br)c1F)c1c[nH]c2c(Cl)cccc12. The maximum atomic E-state index is 14.0. The van der Waals surface area contributed by atoms with Crippen LogP contribution in [0.5, 0.6) is 0 Å². The number of hydrogen-bond acceptors (Lipinski definition) is 1. The molecule has 0 fully saturated rings. The number of aromatic amines is 1. The van der Waals surface area contributed by atoms with Crippen LogP contribution in [0.4, 0.5) is 4.39 Å². The van der Waals surface area contributed by atoms with Crippen LogP contribution in [0.1, 0.15) is 15.9 Å². The molecule has 2 aromatic carbocycles. The average molecular weight is 353 g/mol. The number of halogens is 3. The molecule has 0 amide bonds. The van der Waals surface area contributed by atoms with Gasteiger partial charge >= 0.3 is 0 Å². The van der Waals surface area contributed by atoms with Gasteiger partial charge in [0.25, 0.3) is 0 Å². The Morgan fingerprint density at radius 1 is 1.15 bits per heavy atom. The molecule has 0 atom stereocenters. The predicted molar refractivity (Wildman–Crippen MR) is 80.8 cm³/mol. The lowest BCUT2D eigenvalue weighted by Crippen LogP contribution is -2.04. The molecule has 2 nitrogen and oxygen atoms in total. The van der Waals surface area contributed by atoms with Gasteiger partial charge in [-0.1, -0.05) is 29.8 Å². The van der Waals surface area contributed by atoms with Gasteiger partial charge in [-0.2, -0.15) is 0 Å². The fourth-order valence-corrected chi connectivity index (χ4v) is 2.72. The van der Waals surface area contributed by atoms with Gasteiger partial charge in [0.1, 0.15) is 5.82 Å². The van der Waals surface area contributed by atoms with Crippen molar-refractivity contribution in [2.75, 3.05) is 0 Å². The monoisotopic (exact) mass is 351 g/mol. The number of hydrogen-bond donors (Lipinski definition) is 1. The quantitative estimate of drug-likeness (QED) is 0.650. The second-order valence-electron chi connectivity index (χ2n) is 4.30. The van der Waals surface area contributed by atoms with Gasteiger partial charge in [0.2, 0.25) is 0 Å². The lowest BCUT2D eigenvalue weighted by atomic mass is 10.0. The van der Waals surface area contributed by atoms with Crippen molar-refractivity contribution in [2.24, 2.45) is 0 Å². The van der Waals surface area contributed by atoms with Gasteiger partial charge in [0.05, 0.1) is 20.6 Å². The third kappa shape index (κ3) is 2.05. The third-order valence-corrected chi connectivity index (χ3v) is 4.03. The van der Waals surface area contributed by atoms with Crippen LogP contribution in [0.2, 0.25) is 5.02 Å². The molecule has 0 bridgehead atoms. The summed E-state index contributed by atoms with van der Waals surface area (Å²) >= 11 is 9.14. The Hall–Kier alpha value is -1.65. The Morgan fingerprint density at radius 2 is 1.90 bits per heavy atom. The van der Waals surface area contributed by atoms with Crippen LogP contribution in [0.15, 0.2) is 47.1 Å². The van der Waals surface area contributed by atoms with E-state index in [1.54, 1.807) is 36.5 Å². The molecule has 1 heterocycles. The van der Waals surface area contributed by atoms with Gasteiger partial charge in [-0.05, 0) is 34.1 Å². The van der Waals surface area contributed by atoms with E-state index in [0.717, 1.165) is 0 Å². The van der Waals surface area contributed by atoms with Gasteiger partial charge in [0, 0.05) is 17.1 Å². The molecule has 0 aliphatic carbocycles. The minimum atomic E-state index is -0.561. The number of H-pyrrole nitrogens is 1. The zero-order valence-corrected chi connectivity index (χ0v) is 12.4. The first-order valence-electron chi connectivity index (χ1n) is 5.84. The van der Waals surface area contributed by atoms with Gasteiger partial charge in [0.15, 0.2) is 5.78 Å². The van der Waals surface area contributed by atoms with E-state index in [-0.39, 0.29) is 15.8 Å².